The van der Waals surface area contributed by atoms with Gasteiger partial charge >= 0.3 is 0 Å². The van der Waals surface area contributed by atoms with Crippen LogP contribution < -0.4 is 4.90 Å². The Bertz CT molecular complexity index is 774. The highest BCUT2D eigenvalue weighted by Crippen LogP contribution is 2.42. The molecule has 2 aliphatic rings. The Hall–Kier alpha value is -2.28. The Morgan fingerprint density at radius 1 is 1.29 bits per heavy atom. The minimum Gasteiger partial charge on any atom is -0.337 e. The van der Waals surface area contributed by atoms with Crippen molar-refractivity contribution in [1.82, 2.24) is 14.9 Å². The van der Waals surface area contributed by atoms with Gasteiger partial charge in [0.2, 0.25) is 5.91 Å². The standard InChI is InChI=1S/C17H18N4O2S/c1-12-7-19-14(8-18-12)16(23)20-4-3-17(10-20)6-15(22)21(11-17)13-2-5-24-9-13/h2,5,7-9H,3-4,6,10-11H2,1H3. The molecule has 24 heavy (non-hydrogen) atoms. The average Bonchev–Trinajstić information content (AvgIpc) is 3.29. The van der Waals surface area contributed by atoms with Gasteiger partial charge in [-0.2, -0.15) is 11.3 Å². The summed E-state index contributed by atoms with van der Waals surface area (Å²) in [6.07, 6.45) is 4.49. The largest absolute Gasteiger partial charge is 0.337 e. The number of likely N-dealkylation sites (tertiary alicyclic amines) is 1. The smallest absolute Gasteiger partial charge is 0.274 e. The molecule has 1 spiro atoms. The van der Waals surface area contributed by atoms with Crippen molar-refractivity contribution in [3.63, 3.8) is 0 Å². The third kappa shape index (κ3) is 2.58. The second-order valence-corrected chi connectivity index (χ2v) is 7.44. The lowest BCUT2D eigenvalue weighted by Gasteiger charge is -2.23. The van der Waals surface area contributed by atoms with Crippen molar-refractivity contribution in [2.45, 2.75) is 19.8 Å². The van der Waals surface area contributed by atoms with Crippen LogP contribution >= 0.6 is 11.3 Å². The Balaban J connectivity index is 1.49. The fourth-order valence-corrected chi connectivity index (χ4v) is 4.23. The molecular formula is C17H18N4O2S. The van der Waals surface area contributed by atoms with E-state index in [9.17, 15) is 9.59 Å². The van der Waals surface area contributed by atoms with Crippen molar-refractivity contribution in [1.29, 1.82) is 0 Å². The number of thiophene rings is 1. The van der Waals surface area contributed by atoms with Gasteiger partial charge in [-0.15, -0.1) is 0 Å². The van der Waals surface area contributed by atoms with Crippen LogP contribution in [0.25, 0.3) is 0 Å². The van der Waals surface area contributed by atoms with Gasteiger partial charge in [0.1, 0.15) is 5.69 Å². The Labute approximate surface area is 144 Å². The van der Waals surface area contributed by atoms with E-state index in [4.69, 9.17) is 0 Å². The van der Waals surface area contributed by atoms with E-state index >= 15 is 0 Å². The summed E-state index contributed by atoms with van der Waals surface area (Å²) in [6.45, 7) is 3.80. The van der Waals surface area contributed by atoms with Crippen molar-refractivity contribution >= 4 is 28.8 Å². The number of amides is 2. The molecule has 0 bridgehead atoms. The third-order valence-corrected chi connectivity index (χ3v) is 5.54. The van der Waals surface area contributed by atoms with Crippen LogP contribution in [0.5, 0.6) is 0 Å². The molecule has 0 radical (unpaired) electrons. The second kappa shape index (κ2) is 5.66. The number of aromatic nitrogens is 2. The van der Waals surface area contributed by atoms with Crippen LogP contribution in [0.1, 0.15) is 29.0 Å². The van der Waals surface area contributed by atoms with Gasteiger partial charge in [0, 0.05) is 43.0 Å². The Morgan fingerprint density at radius 2 is 2.17 bits per heavy atom. The van der Waals surface area contributed by atoms with Crippen molar-refractivity contribution in [2.75, 3.05) is 24.5 Å². The summed E-state index contributed by atoms with van der Waals surface area (Å²) in [5.41, 5.74) is 2.00. The van der Waals surface area contributed by atoms with Gasteiger partial charge in [-0.1, -0.05) is 0 Å². The monoisotopic (exact) mass is 342 g/mol. The summed E-state index contributed by atoms with van der Waals surface area (Å²) in [5.74, 6) is 0.0543. The zero-order chi connectivity index (χ0) is 16.7. The van der Waals surface area contributed by atoms with Gasteiger partial charge in [-0.25, -0.2) is 4.98 Å². The maximum atomic E-state index is 12.6. The molecule has 6 nitrogen and oxygen atoms in total. The van der Waals surface area contributed by atoms with E-state index in [2.05, 4.69) is 9.97 Å². The van der Waals surface area contributed by atoms with Crippen molar-refractivity contribution in [2.24, 2.45) is 5.41 Å². The van der Waals surface area contributed by atoms with Crippen molar-refractivity contribution in [3.05, 3.63) is 40.6 Å². The van der Waals surface area contributed by atoms with E-state index in [0.29, 0.717) is 31.7 Å². The molecule has 2 amide bonds. The molecule has 2 aliphatic heterocycles. The van der Waals surface area contributed by atoms with E-state index in [0.717, 1.165) is 17.8 Å². The van der Waals surface area contributed by atoms with Crippen LogP contribution in [0.15, 0.2) is 29.2 Å². The van der Waals surface area contributed by atoms with Crippen LogP contribution in [0.3, 0.4) is 0 Å². The van der Waals surface area contributed by atoms with Crippen molar-refractivity contribution in [3.8, 4) is 0 Å². The minimum atomic E-state index is -0.132. The molecule has 0 N–H and O–H groups in total. The zero-order valence-corrected chi connectivity index (χ0v) is 14.3. The second-order valence-electron chi connectivity index (χ2n) is 6.66. The number of hydrogen-bond donors (Lipinski definition) is 0. The molecule has 2 fully saturated rings. The first-order valence-electron chi connectivity index (χ1n) is 7.97. The predicted molar refractivity (Wildman–Crippen MR) is 91.0 cm³/mol. The highest BCUT2D eigenvalue weighted by atomic mass is 32.1. The minimum absolute atomic E-state index is 0.0965. The maximum Gasteiger partial charge on any atom is 0.274 e. The lowest BCUT2D eigenvalue weighted by atomic mass is 9.86. The summed E-state index contributed by atoms with van der Waals surface area (Å²) >= 11 is 1.59. The SMILES string of the molecule is Cc1cnc(C(=O)N2CCC3(CC(=O)N(c4ccsc4)C3)C2)cn1. The van der Waals surface area contributed by atoms with Gasteiger partial charge in [-0.3, -0.25) is 14.6 Å². The van der Waals surface area contributed by atoms with E-state index in [1.165, 1.54) is 6.20 Å². The first-order chi connectivity index (χ1) is 11.6. The van der Waals surface area contributed by atoms with E-state index < -0.39 is 0 Å². The number of nitrogens with zero attached hydrogens (tertiary/aromatic N) is 4. The highest BCUT2D eigenvalue weighted by molar-refractivity contribution is 7.08. The van der Waals surface area contributed by atoms with E-state index in [1.807, 2.05) is 33.6 Å². The van der Waals surface area contributed by atoms with E-state index in [1.54, 1.807) is 17.5 Å². The molecule has 0 aromatic carbocycles. The molecule has 0 aliphatic carbocycles. The lowest BCUT2D eigenvalue weighted by Crippen LogP contribution is -2.34. The summed E-state index contributed by atoms with van der Waals surface area (Å²) < 4.78 is 0. The summed E-state index contributed by atoms with van der Waals surface area (Å²) in [7, 11) is 0. The predicted octanol–water partition coefficient (Wildman–Crippen LogP) is 2.12. The lowest BCUT2D eigenvalue weighted by molar-refractivity contribution is -0.117. The van der Waals surface area contributed by atoms with Crippen LogP contribution in [-0.4, -0.2) is 46.3 Å². The number of rotatable bonds is 2. The number of carbonyl (C=O) groups excluding carboxylic acids is 2. The zero-order valence-electron chi connectivity index (χ0n) is 13.4. The van der Waals surface area contributed by atoms with Gasteiger partial charge in [0.05, 0.1) is 17.6 Å². The first-order valence-corrected chi connectivity index (χ1v) is 8.91. The summed E-state index contributed by atoms with van der Waals surface area (Å²) in [6, 6.07) is 1.97. The van der Waals surface area contributed by atoms with Gasteiger partial charge in [-0.05, 0) is 24.8 Å². The maximum absolute atomic E-state index is 12.6. The van der Waals surface area contributed by atoms with Crippen LogP contribution in [0.2, 0.25) is 0 Å². The first kappa shape index (κ1) is 15.3. The highest BCUT2D eigenvalue weighted by Gasteiger charge is 2.49. The molecule has 4 heterocycles. The molecule has 2 saturated heterocycles. The van der Waals surface area contributed by atoms with Crippen LogP contribution in [0, 0.1) is 12.3 Å². The molecular weight excluding hydrogens is 324 g/mol. The third-order valence-electron chi connectivity index (χ3n) is 4.86. The van der Waals surface area contributed by atoms with E-state index in [-0.39, 0.29) is 17.2 Å². The fourth-order valence-electron chi connectivity index (χ4n) is 3.59. The number of aryl methyl sites for hydroxylation is 1. The molecule has 0 saturated carbocycles. The summed E-state index contributed by atoms with van der Waals surface area (Å²) in [5, 5.41) is 3.98. The van der Waals surface area contributed by atoms with Crippen molar-refractivity contribution < 1.29 is 9.59 Å². The molecule has 124 valence electrons. The molecule has 1 unspecified atom stereocenters. The molecule has 2 aromatic heterocycles. The number of anilines is 1. The Kier molecular flexibility index (Phi) is 3.60. The molecule has 1 atom stereocenters. The van der Waals surface area contributed by atoms with Crippen LogP contribution in [-0.2, 0) is 4.79 Å². The fraction of sp³-hybridized carbons (Fsp3) is 0.412. The topological polar surface area (TPSA) is 66.4 Å². The number of carbonyl (C=O) groups is 2. The Morgan fingerprint density at radius 3 is 2.88 bits per heavy atom. The molecule has 7 heteroatoms. The molecule has 2 aromatic rings. The molecule has 4 rings (SSSR count). The average molecular weight is 342 g/mol. The quantitative estimate of drug-likeness (QED) is 0.838. The van der Waals surface area contributed by atoms with Crippen LogP contribution in [0.4, 0.5) is 5.69 Å². The van der Waals surface area contributed by atoms with Gasteiger partial charge in [0.25, 0.3) is 5.91 Å². The van der Waals surface area contributed by atoms with Gasteiger partial charge in [0.15, 0.2) is 0 Å². The number of hydrogen-bond acceptors (Lipinski definition) is 5. The normalized spacial score (nSPS) is 23.5. The summed E-state index contributed by atoms with van der Waals surface area (Å²) in [4.78, 5) is 37.0. The van der Waals surface area contributed by atoms with Gasteiger partial charge < -0.3 is 9.80 Å².